The molecule has 0 amide bonds. The van der Waals surface area contributed by atoms with Crippen LogP contribution in [0, 0.1) is 0 Å². The van der Waals surface area contributed by atoms with Crippen LogP contribution in [-0.2, 0) is 4.74 Å². The Morgan fingerprint density at radius 1 is 1.45 bits per heavy atom. The number of rotatable bonds is 6. The molecule has 1 atom stereocenters. The SMILES string of the molecule is C=CCNC(=S)Nc1ccc(OCC2CCCO2)cc1. The van der Waals surface area contributed by atoms with Gasteiger partial charge < -0.3 is 20.1 Å². The first-order valence-electron chi connectivity index (χ1n) is 6.78. The third-order valence-electron chi connectivity index (χ3n) is 2.98. The van der Waals surface area contributed by atoms with Crippen LogP contribution in [0.3, 0.4) is 0 Å². The number of anilines is 1. The van der Waals surface area contributed by atoms with Crippen LogP contribution < -0.4 is 15.4 Å². The average Bonchev–Trinajstić information content (AvgIpc) is 2.98. The molecule has 1 aromatic rings. The molecule has 2 rings (SSSR count). The number of hydrogen-bond acceptors (Lipinski definition) is 3. The predicted octanol–water partition coefficient (Wildman–Crippen LogP) is 2.72. The van der Waals surface area contributed by atoms with Gasteiger partial charge in [0, 0.05) is 18.8 Å². The monoisotopic (exact) mass is 292 g/mol. The van der Waals surface area contributed by atoms with Crippen LogP contribution in [0.1, 0.15) is 12.8 Å². The molecule has 1 fully saturated rings. The molecule has 1 unspecified atom stereocenters. The molecule has 20 heavy (non-hydrogen) atoms. The summed E-state index contributed by atoms with van der Waals surface area (Å²) >= 11 is 5.14. The van der Waals surface area contributed by atoms with Crippen LogP contribution in [-0.4, -0.2) is 31.0 Å². The fraction of sp³-hybridized carbons (Fsp3) is 0.400. The number of hydrogen-bond donors (Lipinski definition) is 2. The number of nitrogens with one attached hydrogen (secondary N) is 2. The van der Waals surface area contributed by atoms with Gasteiger partial charge in [0.2, 0.25) is 0 Å². The summed E-state index contributed by atoms with van der Waals surface area (Å²) in [6.45, 7) is 5.75. The van der Waals surface area contributed by atoms with E-state index in [2.05, 4.69) is 17.2 Å². The van der Waals surface area contributed by atoms with Crippen LogP contribution in [0.5, 0.6) is 5.75 Å². The van der Waals surface area contributed by atoms with Crippen molar-refractivity contribution in [1.29, 1.82) is 0 Å². The third-order valence-corrected chi connectivity index (χ3v) is 3.23. The van der Waals surface area contributed by atoms with E-state index in [1.54, 1.807) is 6.08 Å². The average molecular weight is 292 g/mol. The summed E-state index contributed by atoms with van der Waals surface area (Å²) in [5.41, 5.74) is 0.927. The minimum atomic E-state index is 0.239. The second-order valence-corrected chi connectivity index (χ2v) is 5.00. The highest BCUT2D eigenvalue weighted by atomic mass is 32.1. The Morgan fingerprint density at radius 2 is 2.25 bits per heavy atom. The van der Waals surface area contributed by atoms with Gasteiger partial charge in [-0.05, 0) is 49.3 Å². The highest BCUT2D eigenvalue weighted by Gasteiger charge is 2.15. The smallest absolute Gasteiger partial charge is 0.171 e. The Morgan fingerprint density at radius 3 is 2.90 bits per heavy atom. The summed E-state index contributed by atoms with van der Waals surface area (Å²) in [7, 11) is 0. The van der Waals surface area contributed by atoms with Gasteiger partial charge >= 0.3 is 0 Å². The van der Waals surface area contributed by atoms with Gasteiger partial charge in [0.1, 0.15) is 12.4 Å². The van der Waals surface area contributed by atoms with Crippen LogP contribution in [0.15, 0.2) is 36.9 Å². The normalized spacial score (nSPS) is 17.5. The van der Waals surface area contributed by atoms with E-state index in [0.717, 1.165) is 30.9 Å². The van der Waals surface area contributed by atoms with E-state index >= 15 is 0 Å². The standard InChI is InChI=1S/C15H20N2O2S/c1-2-9-16-15(20)17-12-5-7-13(8-6-12)19-11-14-4-3-10-18-14/h2,5-8,14H,1,3-4,9-11H2,(H2,16,17,20). The van der Waals surface area contributed by atoms with Crippen molar-refractivity contribution in [3.63, 3.8) is 0 Å². The fourth-order valence-electron chi connectivity index (χ4n) is 1.94. The topological polar surface area (TPSA) is 42.5 Å². The van der Waals surface area contributed by atoms with E-state index in [1.807, 2.05) is 24.3 Å². The van der Waals surface area contributed by atoms with Gasteiger partial charge in [0.25, 0.3) is 0 Å². The van der Waals surface area contributed by atoms with Crippen molar-refractivity contribution in [2.45, 2.75) is 18.9 Å². The van der Waals surface area contributed by atoms with Crippen molar-refractivity contribution < 1.29 is 9.47 Å². The van der Waals surface area contributed by atoms with Gasteiger partial charge in [-0.2, -0.15) is 0 Å². The first-order valence-corrected chi connectivity index (χ1v) is 7.19. The van der Waals surface area contributed by atoms with E-state index in [0.29, 0.717) is 18.3 Å². The lowest BCUT2D eigenvalue weighted by atomic mass is 10.2. The van der Waals surface area contributed by atoms with Gasteiger partial charge in [-0.25, -0.2) is 0 Å². The second kappa shape index (κ2) is 7.87. The molecule has 108 valence electrons. The highest BCUT2D eigenvalue weighted by molar-refractivity contribution is 7.80. The van der Waals surface area contributed by atoms with Crippen molar-refractivity contribution >= 4 is 23.0 Å². The molecule has 1 saturated heterocycles. The van der Waals surface area contributed by atoms with Crippen LogP contribution >= 0.6 is 12.2 Å². The molecule has 0 bridgehead atoms. The molecule has 0 aliphatic carbocycles. The fourth-order valence-corrected chi connectivity index (χ4v) is 2.14. The molecule has 0 aromatic heterocycles. The number of thiocarbonyl (C=S) groups is 1. The van der Waals surface area contributed by atoms with Crippen LogP contribution in [0.2, 0.25) is 0 Å². The van der Waals surface area contributed by atoms with Gasteiger partial charge in [0.15, 0.2) is 5.11 Å². The summed E-state index contributed by atoms with van der Waals surface area (Å²) in [6.07, 6.45) is 4.22. The van der Waals surface area contributed by atoms with E-state index < -0.39 is 0 Å². The zero-order valence-corrected chi connectivity index (χ0v) is 12.2. The zero-order chi connectivity index (χ0) is 14.2. The van der Waals surface area contributed by atoms with Gasteiger partial charge in [0.05, 0.1) is 6.10 Å². The quantitative estimate of drug-likeness (QED) is 0.623. The number of ether oxygens (including phenoxy) is 2. The van der Waals surface area contributed by atoms with Crippen LogP contribution in [0.25, 0.3) is 0 Å². The summed E-state index contributed by atoms with van der Waals surface area (Å²) in [4.78, 5) is 0. The van der Waals surface area contributed by atoms with Gasteiger partial charge in [-0.3, -0.25) is 0 Å². The minimum absolute atomic E-state index is 0.239. The highest BCUT2D eigenvalue weighted by Crippen LogP contribution is 2.18. The Bertz CT molecular complexity index is 442. The molecule has 0 saturated carbocycles. The zero-order valence-electron chi connectivity index (χ0n) is 11.4. The first kappa shape index (κ1) is 14.8. The summed E-state index contributed by atoms with van der Waals surface area (Å²) < 4.78 is 11.2. The molecular formula is C15H20N2O2S. The molecule has 2 N–H and O–H groups in total. The van der Waals surface area contributed by atoms with Crippen LogP contribution in [0.4, 0.5) is 5.69 Å². The Kier molecular flexibility index (Phi) is 5.83. The molecule has 1 aliphatic heterocycles. The molecular weight excluding hydrogens is 272 g/mol. The second-order valence-electron chi connectivity index (χ2n) is 4.59. The maximum atomic E-state index is 5.70. The Labute approximate surface area is 125 Å². The Balaban J connectivity index is 1.76. The van der Waals surface area contributed by atoms with Crippen molar-refractivity contribution in [3.05, 3.63) is 36.9 Å². The van der Waals surface area contributed by atoms with Crippen molar-refractivity contribution in [1.82, 2.24) is 5.32 Å². The summed E-state index contributed by atoms with van der Waals surface area (Å²) in [5, 5.41) is 6.69. The molecule has 1 aromatic carbocycles. The minimum Gasteiger partial charge on any atom is -0.491 e. The van der Waals surface area contributed by atoms with Gasteiger partial charge in [-0.15, -0.1) is 6.58 Å². The molecule has 0 radical (unpaired) electrons. The molecule has 1 aliphatic rings. The van der Waals surface area contributed by atoms with Gasteiger partial charge in [-0.1, -0.05) is 6.08 Å². The lowest BCUT2D eigenvalue weighted by Gasteiger charge is -2.12. The van der Waals surface area contributed by atoms with E-state index in [1.165, 1.54) is 0 Å². The molecule has 5 heteroatoms. The molecule has 0 spiro atoms. The van der Waals surface area contributed by atoms with E-state index in [4.69, 9.17) is 21.7 Å². The maximum Gasteiger partial charge on any atom is 0.171 e. The lowest BCUT2D eigenvalue weighted by Crippen LogP contribution is -2.28. The maximum absolute atomic E-state index is 5.70. The largest absolute Gasteiger partial charge is 0.491 e. The predicted molar refractivity (Wildman–Crippen MR) is 85.3 cm³/mol. The summed E-state index contributed by atoms with van der Waals surface area (Å²) in [6, 6.07) is 7.72. The van der Waals surface area contributed by atoms with E-state index in [-0.39, 0.29) is 6.10 Å². The molecule has 4 nitrogen and oxygen atoms in total. The first-order chi connectivity index (χ1) is 9.78. The lowest BCUT2D eigenvalue weighted by molar-refractivity contribution is 0.0679. The Hall–Kier alpha value is -1.59. The van der Waals surface area contributed by atoms with Crippen molar-refractivity contribution in [2.75, 3.05) is 25.1 Å². The number of benzene rings is 1. The van der Waals surface area contributed by atoms with E-state index in [9.17, 15) is 0 Å². The van der Waals surface area contributed by atoms with Crippen molar-refractivity contribution in [3.8, 4) is 5.75 Å². The third kappa shape index (κ3) is 4.83. The van der Waals surface area contributed by atoms with Crippen molar-refractivity contribution in [2.24, 2.45) is 0 Å². The molecule has 1 heterocycles. The summed E-state index contributed by atoms with van der Waals surface area (Å²) in [5.74, 6) is 0.844.